The van der Waals surface area contributed by atoms with Gasteiger partial charge in [-0.3, -0.25) is 19.1 Å². The maximum atomic E-state index is 13.0. The van der Waals surface area contributed by atoms with Crippen LogP contribution < -0.4 is 11.2 Å². The van der Waals surface area contributed by atoms with E-state index in [1.54, 1.807) is 6.07 Å². The number of carbonyl (C=O) groups is 2. The van der Waals surface area contributed by atoms with Crippen molar-refractivity contribution in [2.45, 2.75) is 51.6 Å². The van der Waals surface area contributed by atoms with Gasteiger partial charge < -0.3 is 10.0 Å². The minimum Gasteiger partial charge on any atom is -0.480 e. The summed E-state index contributed by atoms with van der Waals surface area (Å²) in [5, 5.41) is 9.22. The number of nitrogens with one attached hydrogen (secondary N) is 1. The molecule has 1 atom stereocenters. The van der Waals surface area contributed by atoms with E-state index in [9.17, 15) is 24.3 Å². The summed E-state index contributed by atoms with van der Waals surface area (Å²) >= 11 is 0. The van der Waals surface area contributed by atoms with Gasteiger partial charge in [0.1, 0.15) is 6.04 Å². The monoisotopic (exact) mass is 374 g/mol. The van der Waals surface area contributed by atoms with E-state index in [1.807, 2.05) is 6.92 Å². The van der Waals surface area contributed by atoms with Gasteiger partial charge in [0.15, 0.2) is 5.65 Å². The van der Waals surface area contributed by atoms with E-state index in [4.69, 9.17) is 0 Å². The van der Waals surface area contributed by atoms with Gasteiger partial charge >= 0.3 is 11.7 Å². The van der Waals surface area contributed by atoms with Gasteiger partial charge in [-0.25, -0.2) is 14.6 Å². The van der Waals surface area contributed by atoms with Gasteiger partial charge in [0.25, 0.3) is 11.5 Å². The summed E-state index contributed by atoms with van der Waals surface area (Å²) in [6.45, 7) is 3.63. The lowest BCUT2D eigenvalue weighted by Gasteiger charge is -2.22. The number of rotatable bonds is 6. The number of carbonyl (C=O) groups excluding carboxylic acids is 1. The maximum absolute atomic E-state index is 13.0. The average molecular weight is 374 g/mol. The fraction of sp³-hybridized carbons (Fsp3) is 0.500. The number of pyridine rings is 1. The van der Waals surface area contributed by atoms with Gasteiger partial charge in [-0.1, -0.05) is 6.92 Å². The van der Waals surface area contributed by atoms with E-state index < -0.39 is 29.2 Å². The zero-order chi connectivity index (χ0) is 19.9. The van der Waals surface area contributed by atoms with Crippen LogP contribution in [-0.2, 0) is 11.3 Å². The number of carboxylic acids is 1. The Morgan fingerprint density at radius 3 is 2.63 bits per heavy atom. The van der Waals surface area contributed by atoms with E-state index in [0.29, 0.717) is 18.7 Å². The number of hydrogen-bond acceptors (Lipinski definition) is 5. The van der Waals surface area contributed by atoms with E-state index in [2.05, 4.69) is 9.97 Å². The molecule has 3 rings (SSSR count). The number of amides is 1. The summed E-state index contributed by atoms with van der Waals surface area (Å²) in [6.07, 6.45) is 2.50. The van der Waals surface area contributed by atoms with Crippen LogP contribution in [0.5, 0.6) is 0 Å². The first-order valence-corrected chi connectivity index (χ1v) is 8.94. The molecule has 1 aliphatic carbocycles. The highest BCUT2D eigenvalue weighted by Crippen LogP contribution is 2.40. The van der Waals surface area contributed by atoms with E-state index in [0.717, 1.165) is 17.7 Å². The van der Waals surface area contributed by atoms with Crippen molar-refractivity contribution in [1.82, 2.24) is 19.4 Å². The molecule has 0 saturated heterocycles. The van der Waals surface area contributed by atoms with Crippen molar-refractivity contribution >= 4 is 22.9 Å². The zero-order valence-corrected chi connectivity index (χ0v) is 15.5. The molecule has 2 heterocycles. The van der Waals surface area contributed by atoms with Crippen molar-refractivity contribution in [2.24, 2.45) is 0 Å². The third kappa shape index (κ3) is 3.36. The summed E-state index contributed by atoms with van der Waals surface area (Å²) in [6, 6.07) is 0.495. The Morgan fingerprint density at radius 1 is 1.41 bits per heavy atom. The molecule has 27 heavy (non-hydrogen) atoms. The molecule has 0 aromatic carbocycles. The largest absolute Gasteiger partial charge is 0.480 e. The molecular formula is C18H22N4O5. The zero-order valence-electron chi connectivity index (χ0n) is 15.5. The number of likely N-dealkylation sites (N-methyl/N-ethyl adjacent to an activating group) is 1. The van der Waals surface area contributed by atoms with Crippen LogP contribution >= 0.6 is 0 Å². The van der Waals surface area contributed by atoms with Gasteiger partial charge in [-0.2, -0.15) is 0 Å². The summed E-state index contributed by atoms with van der Waals surface area (Å²) < 4.78 is 1.36. The molecule has 9 heteroatoms. The first-order chi connectivity index (χ1) is 12.8. The average Bonchev–Trinajstić information content (AvgIpc) is 3.47. The quantitative estimate of drug-likeness (QED) is 0.774. The number of aryl methyl sites for hydroxylation is 1. The fourth-order valence-electron chi connectivity index (χ4n) is 3.01. The van der Waals surface area contributed by atoms with Gasteiger partial charge in [-0.05, 0) is 32.3 Å². The van der Waals surface area contributed by atoms with Crippen molar-refractivity contribution in [3.05, 3.63) is 38.2 Å². The molecule has 2 aromatic rings. The molecule has 1 aliphatic rings. The Bertz CT molecular complexity index is 1030. The van der Waals surface area contributed by atoms with Crippen LogP contribution in [0.1, 0.15) is 55.1 Å². The lowest BCUT2D eigenvalue weighted by atomic mass is 10.1. The molecule has 2 aromatic heterocycles. The van der Waals surface area contributed by atoms with Crippen LogP contribution in [-0.4, -0.2) is 49.5 Å². The highest BCUT2D eigenvalue weighted by molar-refractivity contribution is 6.06. The molecule has 1 fully saturated rings. The third-order valence-corrected chi connectivity index (χ3v) is 4.90. The van der Waals surface area contributed by atoms with Gasteiger partial charge in [-0.15, -0.1) is 0 Å². The Morgan fingerprint density at radius 2 is 2.07 bits per heavy atom. The number of H-pyrrole nitrogens is 1. The number of hydrogen-bond donors (Lipinski definition) is 2. The van der Waals surface area contributed by atoms with Crippen LogP contribution in [0, 0.1) is 0 Å². The predicted octanol–water partition coefficient (Wildman–Crippen LogP) is 0.917. The Labute approximate surface area is 154 Å². The number of fused-ring (bicyclic) bond motifs is 1. The highest BCUT2D eigenvalue weighted by atomic mass is 16.4. The van der Waals surface area contributed by atoms with Gasteiger partial charge in [0, 0.05) is 25.2 Å². The molecule has 1 saturated carbocycles. The fourth-order valence-corrected chi connectivity index (χ4v) is 3.01. The number of carboxylic acid groups (broad SMARTS) is 1. The first kappa shape index (κ1) is 18.8. The highest BCUT2D eigenvalue weighted by Gasteiger charge is 2.31. The lowest BCUT2D eigenvalue weighted by molar-refractivity contribution is -0.141. The molecule has 2 N–H and O–H groups in total. The number of nitrogens with zero attached hydrogens (tertiary/aromatic N) is 3. The molecule has 0 aliphatic heterocycles. The molecule has 1 unspecified atom stereocenters. The summed E-state index contributed by atoms with van der Waals surface area (Å²) in [4.78, 5) is 56.8. The van der Waals surface area contributed by atoms with E-state index in [-0.39, 0.29) is 22.5 Å². The van der Waals surface area contributed by atoms with Crippen LogP contribution in [0.3, 0.4) is 0 Å². The molecule has 0 spiro atoms. The second-order valence-corrected chi connectivity index (χ2v) is 6.91. The topological polar surface area (TPSA) is 125 Å². The van der Waals surface area contributed by atoms with Crippen LogP contribution in [0.25, 0.3) is 11.0 Å². The maximum Gasteiger partial charge on any atom is 0.329 e. The van der Waals surface area contributed by atoms with Crippen molar-refractivity contribution in [3.63, 3.8) is 0 Å². The number of aromatic amines is 1. The molecule has 144 valence electrons. The second-order valence-electron chi connectivity index (χ2n) is 6.91. The standard InChI is InChI=1S/C18H22N4O5/c1-4-7-22-14-13(15(23)20-18(22)27)11(8-12(19-14)10-5-6-10)16(24)21(3)9(2)17(25)26/h8-10H,4-7H2,1-3H3,(H,25,26)(H,20,23,27). The summed E-state index contributed by atoms with van der Waals surface area (Å²) in [5.74, 6) is -1.55. The SMILES string of the molecule is CCCn1c(=O)[nH]c(=O)c2c(C(=O)N(C)C(C)C(=O)O)cc(C3CC3)nc21. The molecule has 1 amide bonds. The number of aromatic nitrogens is 3. The Hall–Kier alpha value is -2.97. The predicted molar refractivity (Wildman–Crippen MR) is 98.1 cm³/mol. The minimum atomic E-state index is -1.15. The van der Waals surface area contributed by atoms with Gasteiger partial charge in [0.05, 0.1) is 10.9 Å². The van der Waals surface area contributed by atoms with Crippen molar-refractivity contribution < 1.29 is 14.7 Å². The van der Waals surface area contributed by atoms with Crippen molar-refractivity contribution in [1.29, 1.82) is 0 Å². The third-order valence-electron chi connectivity index (χ3n) is 4.90. The van der Waals surface area contributed by atoms with Crippen LogP contribution in [0.15, 0.2) is 15.7 Å². The van der Waals surface area contributed by atoms with E-state index in [1.165, 1.54) is 18.5 Å². The Kier molecular flexibility index (Phi) is 4.86. The Balaban J connectivity index is 2.29. The van der Waals surface area contributed by atoms with Crippen molar-refractivity contribution in [3.8, 4) is 0 Å². The lowest BCUT2D eigenvalue weighted by Crippen LogP contribution is -2.41. The summed E-state index contributed by atoms with van der Waals surface area (Å²) in [5.41, 5.74) is -0.368. The second kappa shape index (κ2) is 6.98. The minimum absolute atomic E-state index is 0.0156. The van der Waals surface area contributed by atoms with Crippen molar-refractivity contribution in [2.75, 3.05) is 7.05 Å². The number of aliphatic carboxylic acids is 1. The first-order valence-electron chi connectivity index (χ1n) is 8.94. The van der Waals surface area contributed by atoms with Gasteiger partial charge in [0.2, 0.25) is 0 Å². The smallest absolute Gasteiger partial charge is 0.329 e. The van der Waals surface area contributed by atoms with E-state index >= 15 is 0 Å². The normalized spacial score (nSPS) is 14.9. The summed E-state index contributed by atoms with van der Waals surface area (Å²) in [7, 11) is 1.38. The van der Waals surface area contributed by atoms with Crippen LogP contribution in [0.4, 0.5) is 0 Å². The molecule has 0 bridgehead atoms. The molecule has 9 nitrogen and oxygen atoms in total. The molecule has 0 radical (unpaired) electrons. The molecular weight excluding hydrogens is 352 g/mol. The van der Waals surface area contributed by atoms with Crippen LogP contribution in [0.2, 0.25) is 0 Å².